The number of hydrogen-bond donors (Lipinski definition) is 2. The highest BCUT2D eigenvalue weighted by Crippen LogP contribution is 2.23. The number of amides is 1. The predicted octanol–water partition coefficient (Wildman–Crippen LogP) is 4.08. The van der Waals surface area contributed by atoms with Gasteiger partial charge in [0.2, 0.25) is 5.91 Å². The van der Waals surface area contributed by atoms with E-state index in [0.29, 0.717) is 27.2 Å². The van der Waals surface area contributed by atoms with Gasteiger partial charge in [-0.25, -0.2) is 4.98 Å². The average Bonchev–Trinajstić information content (AvgIpc) is 2.69. The molecular formula is C20H15ClN4O2S. The Morgan fingerprint density at radius 3 is 2.57 bits per heavy atom. The molecule has 3 rings (SSSR count). The van der Waals surface area contributed by atoms with E-state index >= 15 is 0 Å². The fourth-order valence-corrected chi connectivity index (χ4v) is 3.35. The summed E-state index contributed by atoms with van der Waals surface area (Å²) in [6.45, 7) is 0. The van der Waals surface area contributed by atoms with Crippen molar-refractivity contribution in [3.05, 3.63) is 75.5 Å². The van der Waals surface area contributed by atoms with E-state index in [-0.39, 0.29) is 17.9 Å². The molecule has 3 aromatic rings. The maximum atomic E-state index is 12.2. The van der Waals surface area contributed by atoms with Crippen LogP contribution >= 0.6 is 23.4 Å². The fourth-order valence-electron chi connectivity index (χ4n) is 2.43. The molecule has 28 heavy (non-hydrogen) atoms. The summed E-state index contributed by atoms with van der Waals surface area (Å²) in [5, 5.41) is 13.0. The normalized spacial score (nSPS) is 10.3. The summed E-state index contributed by atoms with van der Waals surface area (Å²) in [5.41, 5.74) is 1.06. The van der Waals surface area contributed by atoms with Crippen LogP contribution in [0.25, 0.3) is 11.3 Å². The van der Waals surface area contributed by atoms with Crippen LogP contribution in [-0.2, 0) is 4.79 Å². The lowest BCUT2D eigenvalue weighted by Gasteiger charge is -2.07. The van der Waals surface area contributed by atoms with Gasteiger partial charge >= 0.3 is 0 Å². The Kier molecular flexibility index (Phi) is 6.48. The van der Waals surface area contributed by atoms with Crippen LogP contribution in [-0.4, -0.2) is 21.6 Å². The maximum Gasteiger partial charge on any atom is 0.270 e. The van der Waals surface area contributed by atoms with E-state index in [1.165, 1.54) is 11.8 Å². The van der Waals surface area contributed by atoms with Crippen LogP contribution in [0.1, 0.15) is 12.0 Å². The van der Waals surface area contributed by atoms with Crippen LogP contribution in [0, 0.1) is 11.3 Å². The number of aromatic nitrogens is 2. The Morgan fingerprint density at radius 1 is 1.18 bits per heavy atom. The van der Waals surface area contributed by atoms with E-state index in [1.54, 1.807) is 24.3 Å². The largest absolute Gasteiger partial charge is 0.326 e. The SMILES string of the molecule is N#Cc1c(-c2ccc(Cl)cc2)nc(SCCC(=O)Nc2ccccc2)[nH]c1=O. The minimum Gasteiger partial charge on any atom is -0.326 e. The molecule has 0 saturated carbocycles. The highest BCUT2D eigenvalue weighted by molar-refractivity contribution is 7.99. The number of nitrogens with one attached hydrogen (secondary N) is 2. The molecule has 1 aromatic heterocycles. The number of halogens is 1. The number of anilines is 1. The zero-order valence-corrected chi connectivity index (χ0v) is 16.2. The summed E-state index contributed by atoms with van der Waals surface area (Å²) in [6.07, 6.45) is 0.250. The van der Waals surface area contributed by atoms with E-state index in [1.807, 2.05) is 36.4 Å². The van der Waals surface area contributed by atoms with Crippen LogP contribution in [0.4, 0.5) is 5.69 Å². The summed E-state index contributed by atoms with van der Waals surface area (Å²) in [7, 11) is 0. The fraction of sp³-hybridized carbons (Fsp3) is 0.100. The Morgan fingerprint density at radius 2 is 1.89 bits per heavy atom. The van der Waals surface area contributed by atoms with Crippen molar-refractivity contribution >= 4 is 35.0 Å². The van der Waals surface area contributed by atoms with Gasteiger partial charge in [-0.05, 0) is 24.3 Å². The lowest BCUT2D eigenvalue weighted by Crippen LogP contribution is -2.15. The topological polar surface area (TPSA) is 98.6 Å². The molecule has 6 nitrogen and oxygen atoms in total. The van der Waals surface area contributed by atoms with Crippen LogP contribution in [0.2, 0.25) is 5.02 Å². The molecule has 1 amide bonds. The number of benzene rings is 2. The number of H-pyrrole nitrogens is 1. The Hall–Kier alpha value is -3.08. The smallest absolute Gasteiger partial charge is 0.270 e. The summed E-state index contributed by atoms with van der Waals surface area (Å²) in [4.78, 5) is 31.2. The monoisotopic (exact) mass is 410 g/mol. The van der Waals surface area contributed by atoms with Crippen molar-refractivity contribution in [3.8, 4) is 17.3 Å². The minimum absolute atomic E-state index is 0.0616. The molecule has 0 atom stereocenters. The number of aromatic amines is 1. The van der Waals surface area contributed by atoms with E-state index in [2.05, 4.69) is 15.3 Å². The summed E-state index contributed by atoms with van der Waals surface area (Å²) in [5.74, 6) is 0.292. The minimum atomic E-state index is -0.515. The van der Waals surface area contributed by atoms with E-state index in [9.17, 15) is 14.9 Å². The third-order valence-corrected chi connectivity index (χ3v) is 4.88. The van der Waals surface area contributed by atoms with Crippen LogP contribution in [0.3, 0.4) is 0 Å². The van der Waals surface area contributed by atoms with Gasteiger partial charge in [0.1, 0.15) is 11.6 Å². The second-order valence-corrected chi connectivity index (χ2v) is 7.25. The van der Waals surface area contributed by atoms with Crippen molar-refractivity contribution in [2.24, 2.45) is 0 Å². The van der Waals surface area contributed by atoms with Crippen LogP contribution in [0.15, 0.2) is 64.5 Å². The van der Waals surface area contributed by atoms with E-state index in [0.717, 1.165) is 5.69 Å². The molecule has 0 spiro atoms. The highest BCUT2D eigenvalue weighted by Gasteiger charge is 2.14. The maximum absolute atomic E-state index is 12.2. The summed E-state index contributed by atoms with van der Waals surface area (Å²) >= 11 is 7.14. The molecule has 0 saturated heterocycles. The first-order valence-electron chi connectivity index (χ1n) is 8.35. The Bertz CT molecular complexity index is 1080. The molecule has 0 aliphatic rings. The van der Waals surface area contributed by atoms with Gasteiger partial charge in [0.25, 0.3) is 5.56 Å². The van der Waals surface area contributed by atoms with E-state index in [4.69, 9.17) is 11.6 Å². The third-order valence-electron chi connectivity index (χ3n) is 3.75. The first-order chi connectivity index (χ1) is 13.6. The number of carbonyl (C=O) groups is 1. The number of hydrogen-bond acceptors (Lipinski definition) is 5. The van der Waals surface area contributed by atoms with Gasteiger partial charge in [0.15, 0.2) is 5.16 Å². The second-order valence-electron chi connectivity index (χ2n) is 5.73. The molecule has 140 valence electrons. The molecule has 0 aliphatic heterocycles. The first-order valence-corrected chi connectivity index (χ1v) is 9.71. The van der Waals surface area contributed by atoms with Crippen molar-refractivity contribution < 1.29 is 4.79 Å². The average molecular weight is 411 g/mol. The van der Waals surface area contributed by atoms with Gasteiger partial charge in [0.05, 0.1) is 5.69 Å². The van der Waals surface area contributed by atoms with Crippen molar-refractivity contribution in [2.75, 3.05) is 11.1 Å². The van der Waals surface area contributed by atoms with Gasteiger partial charge in [-0.15, -0.1) is 0 Å². The molecule has 0 unspecified atom stereocenters. The lowest BCUT2D eigenvalue weighted by atomic mass is 10.1. The van der Waals surface area contributed by atoms with E-state index < -0.39 is 5.56 Å². The lowest BCUT2D eigenvalue weighted by molar-refractivity contribution is -0.115. The second kappa shape index (κ2) is 9.22. The molecule has 2 aromatic carbocycles. The molecule has 0 aliphatic carbocycles. The summed E-state index contributed by atoms with van der Waals surface area (Å²) < 4.78 is 0. The number of nitrogens with zero attached hydrogens (tertiary/aromatic N) is 2. The predicted molar refractivity (Wildman–Crippen MR) is 110 cm³/mol. The Labute approximate surface area is 170 Å². The van der Waals surface area contributed by atoms with Crippen molar-refractivity contribution in [3.63, 3.8) is 0 Å². The Balaban J connectivity index is 1.71. The van der Waals surface area contributed by atoms with Gasteiger partial charge in [-0.2, -0.15) is 5.26 Å². The molecular weight excluding hydrogens is 396 g/mol. The molecule has 0 fully saturated rings. The third kappa shape index (κ3) is 5.00. The molecule has 1 heterocycles. The number of rotatable bonds is 6. The number of nitriles is 1. The molecule has 2 N–H and O–H groups in total. The van der Waals surface area contributed by atoms with Gasteiger partial charge < -0.3 is 10.3 Å². The summed E-state index contributed by atoms with van der Waals surface area (Å²) in [6, 6.07) is 17.8. The van der Waals surface area contributed by atoms with Crippen LogP contribution < -0.4 is 10.9 Å². The number of thioether (sulfide) groups is 1. The van der Waals surface area contributed by atoms with Crippen LogP contribution in [0.5, 0.6) is 0 Å². The standard InChI is InChI=1S/C20H15ClN4O2S/c21-14-8-6-13(7-9-14)18-16(12-22)19(27)25-20(24-18)28-11-10-17(26)23-15-4-2-1-3-5-15/h1-9H,10-11H2,(H,23,26)(H,24,25,27). The molecule has 0 radical (unpaired) electrons. The molecule has 0 bridgehead atoms. The van der Waals surface area contributed by atoms with Crippen molar-refractivity contribution in [1.82, 2.24) is 9.97 Å². The van der Waals surface area contributed by atoms with Gasteiger partial charge in [-0.3, -0.25) is 9.59 Å². The van der Waals surface area contributed by atoms with Crippen molar-refractivity contribution in [2.45, 2.75) is 11.6 Å². The number of carbonyl (C=O) groups excluding carboxylic acids is 1. The quantitative estimate of drug-likeness (QED) is 0.471. The number of para-hydroxylation sites is 1. The van der Waals surface area contributed by atoms with Gasteiger partial charge in [0, 0.05) is 28.4 Å². The zero-order chi connectivity index (χ0) is 19.9. The molecule has 8 heteroatoms. The van der Waals surface area contributed by atoms with Gasteiger partial charge in [-0.1, -0.05) is 53.7 Å². The zero-order valence-electron chi connectivity index (χ0n) is 14.6. The van der Waals surface area contributed by atoms with Crippen molar-refractivity contribution in [1.29, 1.82) is 5.26 Å². The first kappa shape index (κ1) is 19.7. The highest BCUT2D eigenvalue weighted by atomic mass is 35.5.